The summed E-state index contributed by atoms with van der Waals surface area (Å²) in [6.07, 6.45) is 0.340. The molecule has 142 valence electrons. The van der Waals surface area contributed by atoms with Crippen molar-refractivity contribution < 1.29 is 18.6 Å². The van der Waals surface area contributed by atoms with Crippen LogP contribution in [0.3, 0.4) is 0 Å². The van der Waals surface area contributed by atoms with E-state index in [0.717, 1.165) is 5.76 Å². The minimum Gasteiger partial charge on any atom is -0.468 e. The molecular formula is C21H28O5. The van der Waals surface area contributed by atoms with Crippen LogP contribution in [0.4, 0.5) is 0 Å². The zero-order valence-corrected chi connectivity index (χ0v) is 16.9. The molecule has 0 radical (unpaired) electrons. The molecule has 0 spiro atoms. The Hall–Kier alpha value is -1.33. The first-order valence-electron chi connectivity index (χ1n) is 9.53. The summed E-state index contributed by atoms with van der Waals surface area (Å²) >= 11 is 0. The van der Waals surface area contributed by atoms with Crippen LogP contribution in [0.1, 0.15) is 51.5 Å². The van der Waals surface area contributed by atoms with Gasteiger partial charge >= 0.3 is 0 Å². The minimum atomic E-state index is -0.296. The first-order valence-corrected chi connectivity index (χ1v) is 9.53. The van der Waals surface area contributed by atoms with Crippen LogP contribution in [0.2, 0.25) is 0 Å². The maximum atomic E-state index is 12.8. The maximum absolute atomic E-state index is 12.8. The summed E-state index contributed by atoms with van der Waals surface area (Å²) in [7, 11) is 1.55. The predicted octanol–water partition coefficient (Wildman–Crippen LogP) is 3.12. The predicted molar refractivity (Wildman–Crippen MR) is 95.7 cm³/mol. The fraction of sp³-hybridized carbons (Fsp3) is 0.762. The molecule has 0 bridgehead atoms. The standard InChI is InChI=1S/C21H28O5/c1-9-12(22)10(2)14(23-8)24-13(9)18(4)11(3)19(5)15(18)20(6)17(26-20)21(7)16(19)25-21/h11,15-17H,1-8H3/t11-,15+,16+,17-,18+,19-,20-,21+/m0/s1. The molecule has 8 atom stereocenters. The van der Waals surface area contributed by atoms with Gasteiger partial charge in [-0.15, -0.1) is 0 Å². The molecule has 3 heterocycles. The van der Waals surface area contributed by atoms with Crippen LogP contribution < -0.4 is 10.2 Å². The van der Waals surface area contributed by atoms with E-state index in [4.69, 9.17) is 18.6 Å². The van der Waals surface area contributed by atoms with Crippen LogP contribution in [0.15, 0.2) is 9.21 Å². The van der Waals surface area contributed by atoms with Gasteiger partial charge in [-0.05, 0) is 33.6 Å². The third-order valence-corrected chi connectivity index (χ3v) is 8.58. The van der Waals surface area contributed by atoms with Crippen LogP contribution in [0.5, 0.6) is 5.95 Å². The lowest BCUT2D eigenvalue weighted by atomic mass is 9.33. The summed E-state index contributed by atoms with van der Waals surface area (Å²) < 4.78 is 24.0. The molecule has 0 N–H and O–H groups in total. The van der Waals surface area contributed by atoms with Crippen LogP contribution in [-0.4, -0.2) is 30.5 Å². The molecule has 2 aliphatic carbocycles. The Balaban J connectivity index is 1.70. The summed E-state index contributed by atoms with van der Waals surface area (Å²) in [6.45, 7) is 14.8. The molecule has 5 rings (SSSR count). The third-order valence-electron chi connectivity index (χ3n) is 8.58. The monoisotopic (exact) mass is 360 g/mol. The van der Waals surface area contributed by atoms with E-state index in [9.17, 15) is 4.79 Å². The third kappa shape index (κ3) is 1.42. The molecule has 5 nitrogen and oxygen atoms in total. The van der Waals surface area contributed by atoms with E-state index in [1.165, 1.54) is 0 Å². The number of methoxy groups -OCH3 is 1. The largest absolute Gasteiger partial charge is 0.468 e. The maximum Gasteiger partial charge on any atom is 0.291 e. The zero-order valence-electron chi connectivity index (χ0n) is 16.9. The van der Waals surface area contributed by atoms with E-state index in [-0.39, 0.29) is 45.6 Å². The molecular weight excluding hydrogens is 332 g/mol. The van der Waals surface area contributed by atoms with E-state index in [0.29, 0.717) is 23.0 Å². The molecule has 5 heteroatoms. The summed E-state index contributed by atoms with van der Waals surface area (Å²) in [6, 6.07) is 0. The Morgan fingerprint density at radius 3 is 2.19 bits per heavy atom. The van der Waals surface area contributed by atoms with Crippen molar-refractivity contribution in [2.45, 2.75) is 77.3 Å². The summed E-state index contributed by atoms with van der Waals surface area (Å²) in [5.41, 5.74) is 0.541. The first kappa shape index (κ1) is 16.8. The number of hydrogen-bond donors (Lipinski definition) is 0. The van der Waals surface area contributed by atoms with E-state index in [2.05, 4.69) is 34.6 Å². The molecule has 1 aromatic heterocycles. The Morgan fingerprint density at radius 2 is 1.58 bits per heavy atom. The van der Waals surface area contributed by atoms with Gasteiger partial charge in [0.05, 0.1) is 24.4 Å². The van der Waals surface area contributed by atoms with Crippen molar-refractivity contribution in [2.24, 2.45) is 17.3 Å². The highest BCUT2D eigenvalue weighted by Crippen LogP contribution is 2.82. The quantitative estimate of drug-likeness (QED) is 0.758. The highest BCUT2D eigenvalue weighted by atomic mass is 16.7. The van der Waals surface area contributed by atoms with Gasteiger partial charge in [0, 0.05) is 22.3 Å². The second-order valence-corrected chi connectivity index (χ2v) is 9.67. The van der Waals surface area contributed by atoms with Crippen molar-refractivity contribution in [2.75, 3.05) is 7.11 Å². The summed E-state index contributed by atoms with van der Waals surface area (Å²) in [5, 5.41) is 0. The van der Waals surface area contributed by atoms with Gasteiger partial charge in [0.15, 0.2) is 5.43 Å². The number of fused-ring (bicyclic) bond motifs is 6. The van der Waals surface area contributed by atoms with E-state index in [1.807, 2.05) is 6.92 Å². The summed E-state index contributed by atoms with van der Waals surface area (Å²) in [5.74, 6) is 1.60. The van der Waals surface area contributed by atoms with Crippen LogP contribution in [0.25, 0.3) is 0 Å². The SMILES string of the molecule is COc1oc([C@]2(C)[C@H]3[C@]4(C)O[C@@H]4[C@]4(C)O[C@@H]4[C@@]3(C)[C@H]2C)c(C)c(=O)c1C. The van der Waals surface area contributed by atoms with Gasteiger partial charge in [-0.1, -0.05) is 20.8 Å². The molecule has 26 heavy (non-hydrogen) atoms. The van der Waals surface area contributed by atoms with E-state index in [1.54, 1.807) is 14.0 Å². The van der Waals surface area contributed by atoms with Gasteiger partial charge in [-0.25, -0.2) is 0 Å². The Kier molecular flexibility index (Phi) is 2.73. The highest BCUT2D eigenvalue weighted by Gasteiger charge is 2.92. The number of ether oxygens (including phenoxy) is 3. The molecule has 4 fully saturated rings. The summed E-state index contributed by atoms with van der Waals surface area (Å²) in [4.78, 5) is 12.8. The molecule has 2 aliphatic heterocycles. The van der Waals surface area contributed by atoms with Crippen molar-refractivity contribution in [3.63, 3.8) is 0 Å². The van der Waals surface area contributed by atoms with Gasteiger partial charge < -0.3 is 18.6 Å². The van der Waals surface area contributed by atoms with Crippen LogP contribution in [0, 0.1) is 31.1 Å². The average molecular weight is 360 g/mol. The Bertz CT molecular complexity index is 904. The lowest BCUT2D eigenvalue weighted by Gasteiger charge is -2.67. The topological polar surface area (TPSA) is 64.5 Å². The van der Waals surface area contributed by atoms with Gasteiger partial charge in [-0.3, -0.25) is 4.79 Å². The van der Waals surface area contributed by atoms with Crippen molar-refractivity contribution >= 4 is 0 Å². The Morgan fingerprint density at radius 1 is 0.962 bits per heavy atom. The first-order chi connectivity index (χ1) is 12.0. The van der Waals surface area contributed by atoms with E-state index < -0.39 is 0 Å². The lowest BCUT2D eigenvalue weighted by molar-refractivity contribution is -0.177. The number of rotatable bonds is 2. The molecule has 2 saturated heterocycles. The number of hydrogen-bond acceptors (Lipinski definition) is 5. The van der Waals surface area contributed by atoms with Gasteiger partial charge in [0.25, 0.3) is 5.95 Å². The van der Waals surface area contributed by atoms with Crippen molar-refractivity contribution in [3.8, 4) is 5.95 Å². The number of epoxide rings is 2. The Labute approximate surface area is 154 Å². The van der Waals surface area contributed by atoms with Gasteiger partial charge in [0.1, 0.15) is 17.5 Å². The second-order valence-electron chi connectivity index (χ2n) is 9.67. The van der Waals surface area contributed by atoms with Crippen molar-refractivity contribution in [3.05, 3.63) is 27.1 Å². The van der Waals surface area contributed by atoms with Crippen molar-refractivity contribution in [1.82, 2.24) is 0 Å². The minimum absolute atomic E-state index is 0.00636. The van der Waals surface area contributed by atoms with E-state index >= 15 is 0 Å². The molecule has 0 unspecified atom stereocenters. The zero-order chi connectivity index (χ0) is 19.0. The second kappa shape index (κ2) is 4.22. The molecule has 2 saturated carbocycles. The van der Waals surface area contributed by atoms with Gasteiger partial charge in [0.2, 0.25) is 0 Å². The average Bonchev–Trinajstić information content (AvgIpc) is 3.48. The van der Waals surface area contributed by atoms with Crippen LogP contribution in [-0.2, 0) is 14.9 Å². The fourth-order valence-corrected chi connectivity index (χ4v) is 7.34. The molecule has 1 aromatic rings. The molecule has 0 aromatic carbocycles. The van der Waals surface area contributed by atoms with Crippen molar-refractivity contribution in [1.29, 1.82) is 0 Å². The molecule has 4 aliphatic rings. The normalized spacial score (nSPS) is 53.1. The lowest BCUT2D eigenvalue weighted by Crippen LogP contribution is -2.73. The fourth-order valence-electron chi connectivity index (χ4n) is 7.34. The van der Waals surface area contributed by atoms with Crippen LogP contribution >= 0.6 is 0 Å². The molecule has 0 amide bonds. The highest BCUT2D eigenvalue weighted by molar-refractivity contribution is 5.46. The smallest absolute Gasteiger partial charge is 0.291 e. The van der Waals surface area contributed by atoms with Gasteiger partial charge in [-0.2, -0.15) is 0 Å².